The Morgan fingerprint density at radius 3 is 2.57 bits per heavy atom. The molecule has 30 heavy (non-hydrogen) atoms. The molecule has 6 heteroatoms. The lowest BCUT2D eigenvalue weighted by molar-refractivity contribution is -0.120. The Morgan fingerprint density at radius 2 is 1.90 bits per heavy atom. The number of benzene rings is 2. The predicted molar refractivity (Wildman–Crippen MR) is 113 cm³/mol. The van der Waals surface area contributed by atoms with E-state index in [-0.39, 0.29) is 24.9 Å². The lowest BCUT2D eigenvalue weighted by atomic mass is 9.86. The number of rotatable bonds is 8. The number of hydrogen-bond donors (Lipinski definition) is 3. The first-order valence-electron chi connectivity index (χ1n) is 10.6. The van der Waals surface area contributed by atoms with E-state index < -0.39 is 23.8 Å². The van der Waals surface area contributed by atoms with Crippen molar-refractivity contribution < 1.29 is 18.7 Å². The summed E-state index contributed by atoms with van der Waals surface area (Å²) in [5.41, 5.74) is 4.28. The lowest BCUT2D eigenvalue weighted by Crippen LogP contribution is -2.48. The van der Waals surface area contributed by atoms with E-state index in [0.29, 0.717) is 5.56 Å². The Labute approximate surface area is 176 Å². The number of fused-ring (bicyclic) bond motifs is 1. The van der Waals surface area contributed by atoms with Crippen LogP contribution in [0.5, 0.6) is 0 Å². The maximum absolute atomic E-state index is 13.5. The van der Waals surface area contributed by atoms with Crippen molar-refractivity contribution in [1.82, 2.24) is 10.6 Å². The van der Waals surface area contributed by atoms with Crippen LogP contribution in [0.4, 0.5) is 8.78 Å². The predicted octanol–water partition coefficient (Wildman–Crippen LogP) is 3.60. The number of nitrogens with one attached hydrogen (secondary N) is 2. The summed E-state index contributed by atoms with van der Waals surface area (Å²) in [5.74, 6) is -1.65. The number of amides is 1. The van der Waals surface area contributed by atoms with Crippen LogP contribution in [0.2, 0.25) is 0 Å². The average Bonchev–Trinajstić information content (AvgIpc) is 2.70. The summed E-state index contributed by atoms with van der Waals surface area (Å²) in [6.07, 6.45) is 3.31. The minimum Gasteiger partial charge on any atom is -0.390 e. The maximum Gasteiger partial charge on any atom is 0.217 e. The van der Waals surface area contributed by atoms with Gasteiger partial charge in [-0.2, -0.15) is 0 Å². The van der Waals surface area contributed by atoms with E-state index in [4.69, 9.17) is 0 Å². The van der Waals surface area contributed by atoms with E-state index in [1.54, 1.807) is 0 Å². The van der Waals surface area contributed by atoms with E-state index in [0.717, 1.165) is 31.7 Å². The molecule has 3 rings (SSSR count). The van der Waals surface area contributed by atoms with Crippen LogP contribution in [-0.2, 0) is 24.1 Å². The highest BCUT2D eigenvalue weighted by molar-refractivity contribution is 5.73. The first-order chi connectivity index (χ1) is 14.4. The van der Waals surface area contributed by atoms with Gasteiger partial charge in [0.05, 0.1) is 12.1 Å². The molecule has 1 amide bonds. The third kappa shape index (κ3) is 5.86. The number of aliphatic hydroxyl groups is 1. The largest absolute Gasteiger partial charge is 0.390 e. The van der Waals surface area contributed by atoms with Gasteiger partial charge < -0.3 is 15.7 Å². The van der Waals surface area contributed by atoms with Gasteiger partial charge in [-0.05, 0) is 66.5 Å². The van der Waals surface area contributed by atoms with Crippen molar-refractivity contribution in [3.05, 3.63) is 70.3 Å². The molecule has 0 aromatic heterocycles. The molecule has 0 saturated carbocycles. The number of aliphatic hydroxyl groups excluding tert-OH is 1. The minimum absolute atomic E-state index is 0.137. The monoisotopic (exact) mass is 416 g/mol. The van der Waals surface area contributed by atoms with E-state index >= 15 is 0 Å². The highest BCUT2D eigenvalue weighted by Crippen LogP contribution is 2.30. The first kappa shape index (κ1) is 22.4. The summed E-state index contributed by atoms with van der Waals surface area (Å²) in [5, 5.41) is 16.9. The fourth-order valence-corrected chi connectivity index (χ4v) is 4.21. The molecule has 0 bridgehead atoms. The van der Waals surface area contributed by atoms with Crippen molar-refractivity contribution in [1.29, 1.82) is 0 Å². The van der Waals surface area contributed by atoms with E-state index in [1.165, 1.54) is 35.7 Å². The van der Waals surface area contributed by atoms with Gasteiger partial charge in [0.25, 0.3) is 0 Å². The van der Waals surface area contributed by atoms with Crippen molar-refractivity contribution in [3.8, 4) is 0 Å². The zero-order valence-electron chi connectivity index (χ0n) is 17.6. The van der Waals surface area contributed by atoms with Gasteiger partial charge in [-0.15, -0.1) is 0 Å². The van der Waals surface area contributed by atoms with Gasteiger partial charge >= 0.3 is 0 Å². The normalized spacial score (nSPS) is 17.8. The maximum atomic E-state index is 13.5. The van der Waals surface area contributed by atoms with Gasteiger partial charge in [-0.25, -0.2) is 8.78 Å². The molecule has 0 fully saturated rings. The molecule has 4 nitrogen and oxygen atoms in total. The number of carbonyl (C=O) groups is 1. The number of aryl methyl sites for hydroxylation is 2. The molecule has 3 atom stereocenters. The van der Waals surface area contributed by atoms with Gasteiger partial charge in [0.15, 0.2) is 0 Å². The standard InChI is InChI=1S/C24H30F2N2O2/c1-3-16-7-8-18-5-4-6-22(21(18)11-16)27-14-24(30)23(28-15(2)29)12-17-9-19(25)13-20(26)10-17/h7-11,13,22-24,27,30H,3-6,12,14H2,1-2H3,(H,28,29). The van der Waals surface area contributed by atoms with Crippen molar-refractivity contribution in [2.45, 2.75) is 64.1 Å². The second kappa shape index (κ2) is 10.1. The van der Waals surface area contributed by atoms with Gasteiger partial charge in [-0.1, -0.05) is 25.1 Å². The van der Waals surface area contributed by atoms with Crippen LogP contribution < -0.4 is 10.6 Å². The second-order valence-electron chi connectivity index (χ2n) is 8.10. The van der Waals surface area contributed by atoms with Gasteiger partial charge in [0.1, 0.15) is 11.6 Å². The molecule has 0 spiro atoms. The van der Waals surface area contributed by atoms with Crippen LogP contribution in [0, 0.1) is 11.6 Å². The van der Waals surface area contributed by atoms with Crippen molar-refractivity contribution in [2.24, 2.45) is 0 Å². The van der Waals surface area contributed by atoms with E-state index in [2.05, 4.69) is 35.8 Å². The van der Waals surface area contributed by atoms with Crippen LogP contribution in [0.25, 0.3) is 0 Å². The van der Waals surface area contributed by atoms with E-state index in [9.17, 15) is 18.7 Å². The Balaban J connectivity index is 1.69. The molecule has 2 aromatic carbocycles. The third-order valence-corrected chi connectivity index (χ3v) is 5.74. The molecule has 0 heterocycles. The third-order valence-electron chi connectivity index (χ3n) is 5.74. The fraction of sp³-hybridized carbons (Fsp3) is 0.458. The summed E-state index contributed by atoms with van der Waals surface area (Å²) < 4.78 is 27.1. The summed E-state index contributed by atoms with van der Waals surface area (Å²) >= 11 is 0. The van der Waals surface area contributed by atoms with Gasteiger partial charge in [0.2, 0.25) is 5.91 Å². The highest BCUT2D eigenvalue weighted by atomic mass is 19.1. The zero-order chi connectivity index (χ0) is 21.7. The summed E-state index contributed by atoms with van der Waals surface area (Å²) in [7, 11) is 0. The number of carbonyl (C=O) groups excluding carboxylic acids is 1. The van der Waals surface area contributed by atoms with E-state index in [1.807, 2.05) is 0 Å². The summed E-state index contributed by atoms with van der Waals surface area (Å²) in [6.45, 7) is 3.76. The minimum atomic E-state index is -0.903. The first-order valence-corrected chi connectivity index (χ1v) is 10.6. The molecule has 0 radical (unpaired) electrons. The van der Waals surface area contributed by atoms with Crippen LogP contribution >= 0.6 is 0 Å². The van der Waals surface area contributed by atoms with Crippen molar-refractivity contribution in [2.75, 3.05) is 6.54 Å². The smallest absolute Gasteiger partial charge is 0.217 e. The molecule has 3 unspecified atom stereocenters. The molecular formula is C24H30F2N2O2. The summed E-state index contributed by atoms with van der Waals surface area (Å²) in [6, 6.07) is 9.33. The molecule has 162 valence electrons. The van der Waals surface area contributed by atoms with Crippen LogP contribution in [-0.4, -0.2) is 29.7 Å². The van der Waals surface area contributed by atoms with Crippen LogP contribution in [0.15, 0.2) is 36.4 Å². The lowest BCUT2D eigenvalue weighted by Gasteiger charge is -2.30. The average molecular weight is 417 g/mol. The Morgan fingerprint density at radius 1 is 1.17 bits per heavy atom. The van der Waals surface area contributed by atoms with Crippen molar-refractivity contribution >= 4 is 5.91 Å². The zero-order valence-corrected chi connectivity index (χ0v) is 17.6. The van der Waals surface area contributed by atoms with Crippen LogP contribution in [0.3, 0.4) is 0 Å². The SMILES string of the molecule is CCc1ccc2c(c1)C(NCC(O)C(Cc1cc(F)cc(F)c1)NC(C)=O)CCC2. The van der Waals surface area contributed by atoms with Crippen LogP contribution in [0.1, 0.15) is 55.0 Å². The molecule has 1 aliphatic carbocycles. The van der Waals surface area contributed by atoms with Crippen molar-refractivity contribution in [3.63, 3.8) is 0 Å². The molecule has 1 aliphatic rings. The molecule has 2 aromatic rings. The number of hydrogen-bond acceptors (Lipinski definition) is 3. The molecule has 0 aliphatic heterocycles. The van der Waals surface area contributed by atoms with Gasteiger partial charge in [-0.3, -0.25) is 4.79 Å². The number of halogens is 2. The molecule has 0 saturated heterocycles. The second-order valence-corrected chi connectivity index (χ2v) is 8.10. The Bertz CT molecular complexity index is 867. The Kier molecular flexibility index (Phi) is 7.56. The topological polar surface area (TPSA) is 61.4 Å². The fourth-order valence-electron chi connectivity index (χ4n) is 4.21. The summed E-state index contributed by atoms with van der Waals surface area (Å²) in [4.78, 5) is 11.6. The molecular weight excluding hydrogens is 386 g/mol. The Hall–Kier alpha value is -2.31. The molecule has 3 N–H and O–H groups in total. The quantitative estimate of drug-likeness (QED) is 0.616. The highest BCUT2D eigenvalue weighted by Gasteiger charge is 2.25. The van der Waals surface area contributed by atoms with Gasteiger partial charge in [0, 0.05) is 25.6 Å².